The number of carbonyl (C=O) groups excluding carboxylic acids is 2. The molecule has 0 saturated carbocycles. The molecule has 0 radical (unpaired) electrons. The molecule has 1 fully saturated rings. The normalized spacial score (nSPS) is 20.8. The van der Waals surface area contributed by atoms with Crippen LogP contribution in [0.15, 0.2) is 0 Å². The number of piperidine rings is 1. The van der Waals surface area contributed by atoms with Crippen LogP contribution < -0.4 is 0 Å². The molecule has 1 unspecified atom stereocenters. The van der Waals surface area contributed by atoms with Crippen LogP contribution in [-0.2, 0) is 14.3 Å². The van der Waals surface area contributed by atoms with E-state index in [1.807, 2.05) is 20.8 Å². The second kappa shape index (κ2) is 7.64. The first-order chi connectivity index (χ1) is 9.73. The highest BCUT2D eigenvalue weighted by molar-refractivity contribution is 5.70. The zero-order valence-corrected chi connectivity index (χ0v) is 13.4. The summed E-state index contributed by atoms with van der Waals surface area (Å²) in [5, 5.41) is 10.1. The molecule has 1 aliphatic rings. The van der Waals surface area contributed by atoms with E-state index in [1.54, 1.807) is 11.8 Å². The minimum absolute atomic E-state index is 0.0271. The Labute approximate surface area is 126 Å². The molecule has 21 heavy (non-hydrogen) atoms. The maximum atomic E-state index is 12.0. The van der Waals surface area contributed by atoms with Crippen LogP contribution in [0.2, 0.25) is 0 Å². The predicted octanol–water partition coefficient (Wildman–Crippen LogP) is 1.95. The number of amides is 1. The minimum atomic E-state index is -0.783. The van der Waals surface area contributed by atoms with Gasteiger partial charge in [-0.15, -0.1) is 0 Å². The number of carbonyl (C=O) groups is 2. The fraction of sp³-hybridized carbons (Fsp3) is 0.867. The fourth-order valence-electron chi connectivity index (χ4n) is 2.37. The third-order valence-corrected chi connectivity index (χ3v) is 3.33. The van der Waals surface area contributed by atoms with Gasteiger partial charge in [0, 0.05) is 19.0 Å². The molecule has 0 bridgehead atoms. The molecule has 1 aliphatic heterocycles. The van der Waals surface area contributed by atoms with Gasteiger partial charge in [0.25, 0.3) is 0 Å². The second-order valence-corrected chi connectivity index (χ2v) is 6.41. The lowest BCUT2D eigenvalue weighted by molar-refractivity contribution is -0.146. The molecule has 1 rings (SSSR count). The van der Waals surface area contributed by atoms with Gasteiger partial charge in [-0.05, 0) is 40.5 Å². The molecule has 0 aromatic heterocycles. The molecular formula is C15H27NO5. The SMILES string of the molecule is CCOC(=O)CC(O)[C@@H]1CCCN(C(=O)OC(C)(C)C)C1. The van der Waals surface area contributed by atoms with E-state index in [0.29, 0.717) is 19.7 Å². The summed E-state index contributed by atoms with van der Waals surface area (Å²) in [6.07, 6.45) is 0.412. The van der Waals surface area contributed by atoms with E-state index >= 15 is 0 Å². The van der Waals surface area contributed by atoms with Crippen LogP contribution in [0.4, 0.5) is 4.79 Å². The van der Waals surface area contributed by atoms with Gasteiger partial charge in [0.1, 0.15) is 5.60 Å². The van der Waals surface area contributed by atoms with Crippen molar-refractivity contribution in [1.82, 2.24) is 4.90 Å². The van der Waals surface area contributed by atoms with Gasteiger partial charge in [-0.25, -0.2) is 4.79 Å². The average Bonchev–Trinajstić information content (AvgIpc) is 2.37. The number of esters is 1. The number of hydrogen-bond donors (Lipinski definition) is 1. The topological polar surface area (TPSA) is 76.1 Å². The Balaban J connectivity index is 2.51. The smallest absolute Gasteiger partial charge is 0.410 e. The monoisotopic (exact) mass is 301 g/mol. The lowest BCUT2D eigenvalue weighted by Gasteiger charge is -2.35. The van der Waals surface area contributed by atoms with E-state index in [1.165, 1.54) is 0 Å². The van der Waals surface area contributed by atoms with Gasteiger partial charge >= 0.3 is 12.1 Å². The molecule has 1 saturated heterocycles. The number of aliphatic hydroxyl groups excluding tert-OH is 1. The molecule has 0 spiro atoms. The number of likely N-dealkylation sites (tertiary alicyclic amines) is 1. The van der Waals surface area contributed by atoms with Gasteiger partial charge in [-0.1, -0.05) is 0 Å². The number of hydrogen-bond acceptors (Lipinski definition) is 5. The van der Waals surface area contributed by atoms with Crippen LogP contribution in [0.3, 0.4) is 0 Å². The molecule has 1 amide bonds. The van der Waals surface area contributed by atoms with Crippen molar-refractivity contribution in [3.05, 3.63) is 0 Å². The van der Waals surface area contributed by atoms with Crippen molar-refractivity contribution >= 4 is 12.1 Å². The van der Waals surface area contributed by atoms with Crippen LogP contribution in [0.25, 0.3) is 0 Å². The Kier molecular flexibility index (Phi) is 6.45. The number of nitrogens with zero attached hydrogens (tertiary/aromatic N) is 1. The first-order valence-corrected chi connectivity index (χ1v) is 7.54. The Morgan fingerprint density at radius 1 is 1.38 bits per heavy atom. The summed E-state index contributed by atoms with van der Waals surface area (Å²) < 4.78 is 10.2. The van der Waals surface area contributed by atoms with Crippen LogP contribution in [-0.4, -0.2) is 53.5 Å². The van der Waals surface area contributed by atoms with Gasteiger partial charge < -0.3 is 19.5 Å². The van der Waals surface area contributed by atoms with Crippen LogP contribution in [0.5, 0.6) is 0 Å². The highest BCUT2D eigenvalue weighted by atomic mass is 16.6. The molecule has 6 heteroatoms. The number of rotatable bonds is 4. The number of aliphatic hydroxyl groups is 1. The minimum Gasteiger partial charge on any atom is -0.466 e. The van der Waals surface area contributed by atoms with Gasteiger partial charge in [0.15, 0.2) is 0 Å². The van der Waals surface area contributed by atoms with Gasteiger partial charge in [-0.2, -0.15) is 0 Å². The van der Waals surface area contributed by atoms with E-state index in [9.17, 15) is 14.7 Å². The maximum absolute atomic E-state index is 12.0. The van der Waals surface area contributed by atoms with Crippen molar-refractivity contribution < 1.29 is 24.2 Å². The Morgan fingerprint density at radius 3 is 2.62 bits per heavy atom. The van der Waals surface area contributed by atoms with E-state index in [2.05, 4.69) is 0 Å². The lowest BCUT2D eigenvalue weighted by atomic mass is 9.91. The molecule has 0 aliphatic carbocycles. The molecule has 1 heterocycles. The lowest BCUT2D eigenvalue weighted by Crippen LogP contribution is -2.46. The van der Waals surface area contributed by atoms with Crippen molar-refractivity contribution in [2.24, 2.45) is 5.92 Å². The largest absolute Gasteiger partial charge is 0.466 e. The Hall–Kier alpha value is -1.30. The zero-order valence-electron chi connectivity index (χ0n) is 13.4. The van der Waals surface area contributed by atoms with E-state index < -0.39 is 17.7 Å². The van der Waals surface area contributed by atoms with Crippen molar-refractivity contribution in [2.45, 2.75) is 58.7 Å². The highest BCUT2D eigenvalue weighted by Crippen LogP contribution is 2.23. The Bertz CT molecular complexity index is 364. The third-order valence-electron chi connectivity index (χ3n) is 3.33. The molecule has 2 atom stereocenters. The molecule has 0 aromatic rings. The summed E-state index contributed by atoms with van der Waals surface area (Å²) in [6, 6.07) is 0. The van der Waals surface area contributed by atoms with E-state index in [-0.39, 0.29) is 18.4 Å². The third kappa shape index (κ3) is 6.33. The van der Waals surface area contributed by atoms with Crippen molar-refractivity contribution in [3.63, 3.8) is 0 Å². The average molecular weight is 301 g/mol. The maximum Gasteiger partial charge on any atom is 0.410 e. The quantitative estimate of drug-likeness (QED) is 0.803. The molecule has 6 nitrogen and oxygen atoms in total. The standard InChI is InChI=1S/C15H27NO5/c1-5-20-13(18)9-12(17)11-7-6-8-16(10-11)14(19)21-15(2,3)4/h11-12,17H,5-10H2,1-4H3/t11-,12?/m1/s1. The van der Waals surface area contributed by atoms with Gasteiger partial charge in [-0.3, -0.25) is 4.79 Å². The second-order valence-electron chi connectivity index (χ2n) is 6.41. The van der Waals surface area contributed by atoms with Crippen LogP contribution in [0, 0.1) is 5.92 Å². The summed E-state index contributed by atoms with van der Waals surface area (Å²) in [5.41, 5.74) is -0.534. The Morgan fingerprint density at radius 2 is 2.05 bits per heavy atom. The van der Waals surface area contributed by atoms with Crippen molar-refractivity contribution in [1.29, 1.82) is 0 Å². The highest BCUT2D eigenvalue weighted by Gasteiger charge is 2.32. The first kappa shape index (κ1) is 17.8. The molecular weight excluding hydrogens is 274 g/mol. The zero-order chi connectivity index (χ0) is 16.0. The fourth-order valence-corrected chi connectivity index (χ4v) is 2.37. The molecule has 122 valence electrons. The number of ether oxygens (including phenoxy) is 2. The van der Waals surface area contributed by atoms with Gasteiger partial charge in [0.05, 0.1) is 19.1 Å². The van der Waals surface area contributed by atoms with E-state index in [0.717, 1.165) is 12.8 Å². The summed E-state index contributed by atoms with van der Waals surface area (Å²) in [6.45, 7) is 8.54. The summed E-state index contributed by atoms with van der Waals surface area (Å²) in [4.78, 5) is 25.1. The summed E-state index contributed by atoms with van der Waals surface area (Å²) in [5.74, 6) is -0.518. The van der Waals surface area contributed by atoms with Crippen molar-refractivity contribution in [3.8, 4) is 0 Å². The summed E-state index contributed by atoms with van der Waals surface area (Å²) in [7, 11) is 0. The van der Waals surface area contributed by atoms with Crippen LogP contribution >= 0.6 is 0 Å². The van der Waals surface area contributed by atoms with Gasteiger partial charge in [0.2, 0.25) is 0 Å². The molecule has 0 aromatic carbocycles. The first-order valence-electron chi connectivity index (χ1n) is 7.54. The van der Waals surface area contributed by atoms with Crippen molar-refractivity contribution in [2.75, 3.05) is 19.7 Å². The van der Waals surface area contributed by atoms with Crippen LogP contribution in [0.1, 0.15) is 47.0 Å². The molecule has 1 N–H and O–H groups in total. The summed E-state index contributed by atoms with van der Waals surface area (Å²) >= 11 is 0. The van der Waals surface area contributed by atoms with E-state index in [4.69, 9.17) is 9.47 Å². The predicted molar refractivity (Wildman–Crippen MR) is 77.8 cm³/mol.